The van der Waals surface area contributed by atoms with Crippen molar-refractivity contribution in [1.82, 2.24) is 0 Å². The zero-order valence-electron chi connectivity index (χ0n) is 10.9. The molecule has 0 atom stereocenters. The van der Waals surface area contributed by atoms with Gasteiger partial charge < -0.3 is 10.1 Å². The number of nitro groups is 1. The van der Waals surface area contributed by atoms with Gasteiger partial charge in [-0.2, -0.15) is 10.5 Å². The Balaban J connectivity index is 3.64. The second-order valence-corrected chi connectivity index (χ2v) is 4.47. The summed E-state index contributed by atoms with van der Waals surface area (Å²) in [6.07, 6.45) is 0.822. The van der Waals surface area contributed by atoms with E-state index in [2.05, 4.69) is 26.0 Å². The predicted molar refractivity (Wildman–Crippen MR) is 75.0 cm³/mol. The molecule has 0 spiro atoms. The van der Waals surface area contributed by atoms with E-state index in [1.54, 1.807) is 0 Å². The minimum Gasteiger partial charge on any atom is -0.465 e. The molecule has 0 aliphatic heterocycles. The third-order valence-electron chi connectivity index (χ3n) is 2.39. The van der Waals surface area contributed by atoms with E-state index in [0.29, 0.717) is 0 Å². The molecule has 22 heavy (non-hydrogen) atoms. The highest BCUT2D eigenvalue weighted by Gasteiger charge is 2.28. The van der Waals surface area contributed by atoms with Gasteiger partial charge in [0, 0.05) is 12.3 Å². The number of rotatable bonds is 4. The molecule has 1 aromatic carbocycles. The third kappa shape index (κ3) is 3.37. The van der Waals surface area contributed by atoms with Crippen LogP contribution in [-0.2, 0) is 4.74 Å². The fraction of sp³-hybridized carbons (Fsp3) is 0.0833. The first kappa shape index (κ1) is 17.1. The molecular weight excluding hydrogens is 363 g/mol. The first-order valence-corrected chi connectivity index (χ1v) is 6.18. The van der Waals surface area contributed by atoms with E-state index >= 15 is 0 Å². The minimum atomic E-state index is -1.16. The van der Waals surface area contributed by atoms with Crippen LogP contribution < -0.4 is 5.32 Å². The van der Waals surface area contributed by atoms with Crippen LogP contribution in [0.5, 0.6) is 0 Å². The fourth-order valence-electron chi connectivity index (χ4n) is 1.43. The van der Waals surface area contributed by atoms with E-state index in [1.807, 2.05) is 0 Å². The van der Waals surface area contributed by atoms with E-state index in [9.17, 15) is 19.3 Å². The van der Waals surface area contributed by atoms with Gasteiger partial charge in [0.15, 0.2) is 5.82 Å². The standard InChI is InChI=1S/C12H6BrFN4O4/c1-22-12(19)9-10(14)7(13)2-8(18(20)21)11(9)17-5-6(3-15)4-16/h2,5,17H,1H3. The Bertz CT molecular complexity index is 748. The molecule has 1 N–H and O–H groups in total. The molecule has 8 nitrogen and oxygen atoms in total. The fourth-order valence-corrected chi connectivity index (χ4v) is 1.85. The van der Waals surface area contributed by atoms with E-state index < -0.39 is 39.2 Å². The summed E-state index contributed by atoms with van der Waals surface area (Å²) < 4.78 is 18.2. The first-order chi connectivity index (χ1) is 10.4. The number of nitro benzene ring substituents is 1. The van der Waals surface area contributed by atoms with Crippen molar-refractivity contribution in [2.45, 2.75) is 0 Å². The lowest BCUT2D eigenvalue weighted by Gasteiger charge is -2.10. The molecule has 1 aromatic rings. The lowest BCUT2D eigenvalue weighted by Crippen LogP contribution is -2.11. The highest BCUT2D eigenvalue weighted by Crippen LogP contribution is 2.36. The van der Waals surface area contributed by atoms with Gasteiger partial charge in [-0.25, -0.2) is 9.18 Å². The summed E-state index contributed by atoms with van der Waals surface area (Å²) in [6, 6.07) is 3.86. The van der Waals surface area contributed by atoms with E-state index in [4.69, 9.17) is 10.5 Å². The van der Waals surface area contributed by atoms with Crippen LogP contribution in [0.15, 0.2) is 22.3 Å². The van der Waals surface area contributed by atoms with Crippen molar-refractivity contribution in [3.8, 4) is 12.1 Å². The van der Waals surface area contributed by atoms with Gasteiger partial charge >= 0.3 is 5.97 Å². The first-order valence-electron chi connectivity index (χ1n) is 5.39. The van der Waals surface area contributed by atoms with Gasteiger partial charge in [-0.15, -0.1) is 0 Å². The number of hydrogen-bond donors (Lipinski definition) is 1. The molecule has 1 rings (SSSR count). The van der Waals surface area contributed by atoms with Gasteiger partial charge in [-0.1, -0.05) is 0 Å². The summed E-state index contributed by atoms with van der Waals surface area (Å²) in [6.45, 7) is 0. The van der Waals surface area contributed by atoms with Crippen molar-refractivity contribution in [1.29, 1.82) is 10.5 Å². The number of nitrogens with one attached hydrogen (secondary N) is 1. The molecule has 10 heteroatoms. The van der Waals surface area contributed by atoms with Crippen molar-refractivity contribution in [2.75, 3.05) is 12.4 Å². The Morgan fingerprint density at radius 3 is 2.59 bits per heavy atom. The summed E-state index contributed by atoms with van der Waals surface area (Å²) >= 11 is 2.77. The molecule has 0 amide bonds. The summed E-state index contributed by atoms with van der Waals surface area (Å²) in [5.41, 5.74) is -2.32. The number of methoxy groups -OCH3 is 1. The maximum atomic E-state index is 14.1. The molecule has 0 aromatic heterocycles. The van der Waals surface area contributed by atoms with Gasteiger partial charge in [0.05, 0.1) is 16.5 Å². The van der Waals surface area contributed by atoms with Gasteiger partial charge in [0.25, 0.3) is 5.69 Å². The van der Waals surface area contributed by atoms with Crippen molar-refractivity contribution < 1.29 is 18.8 Å². The highest BCUT2D eigenvalue weighted by atomic mass is 79.9. The third-order valence-corrected chi connectivity index (χ3v) is 2.96. The summed E-state index contributed by atoms with van der Waals surface area (Å²) in [5, 5.41) is 30.5. The number of hydrogen-bond acceptors (Lipinski definition) is 7. The van der Waals surface area contributed by atoms with Crippen LogP contribution in [0.25, 0.3) is 0 Å². The highest BCUT2D eigenvalue weighted by molar-refractivity contribution is 9.10. The van der Waals surface area contributed by atoms with Crippen molar-refractivity contribution in [2.24, 2.45) is 0 Å². The number of esters is 1. The number of nitrogens with zero attached hydrogens (tertiary/aromatic N) is 3. The molecule has 0 saturated heterocycles. The molecule has 0 unspecified atom stereocenters. The number of nitriles is 2. The van der Waals surface area contributed by atoms with Crippen LogP contribution in [0.2, 0.25) is 0 Å². The average molecular weight is 369 g/mol. The van der Waals surface area contributed by atoms with Crippen LogP contribution in [0.4, 0.5) is 15.8 Å². The van der Waals surface area contributed by atoms with Crippen LogP contribution in [-0.4, -0.2) is 18.0 Å². The molecule has 0 bridgehead atoms. The van der Waals surface area contributed by atoms with E-state index in [-0.39, 0.29) is 4.47 Å². The molecule has 0 aliphatic rings. The zero-order chi connectivity index (χ0) is 16.9. The maximum absolute atomic E-state index is 14.1. The number of allylic oxidation sites excluding steroid dienone is 1. The van der Waals surface area contributed by atoms with Crippen LogP contribution >= 0.6 is 15.9 Å². The zero-order valence-corrected chi connectivity index (χ0v) is 12.5. The lowest BCUT2D eigenvalue weighted by molar-refractivity contribution is -0.384. The van der Waals surface area contributed by atoms with Gasteiger partial charge in [-0.3, -0.25) is 10.1 Å². The Hall–Kier alpha value is -2.98. The Labute approximate surface area is 131 Å². The number of halogens is 2. The quantitative estimate of drug-likeness (QED) is 0.374. The predicted octanol–water partition coefficient (Wildman–Crippen LogP) is 2.63. The smallest absolute Gasteiger partial charge is 0.343 e. The van der Waals surface area contributed by atoms with Crippen LogP contribution in [0.3, 0.4) is 0 Å². The van der Waals surface area contributed by atoms with Gasteiger partial charge in [-0.05, 0) is 15.9 Å². The Morgan fingerprint density at radius 2 is 2.14 bits per heavy atom. The molecule has 0 fully saturated rings. The van der Waals surface area contributed by atoms with Gasteiger partial charge in [0.1, 0.15) is 29.0 Å². The van der Waals surface area contributed by atoms with E-state index in [1.165, 1.54) is 12.1 Å². The van der Waals surface area contributed by atoms with E-state index in [0.717, 1.165) is 19.4 Å². The number of carbonyl (C=O) groups excluding carboxylic acids is 1. The molecule has 112 valence electrons. The van der Waals surface area contributed by atoms with Crippen LogP contribution in [0.1, 0.15) is 10.4 Å². The monoisotopic (exact) mass is 368 g/mol. The maximum Gasteiger partial charge on any atom is 0.343 e. The topological polar surface area (TPSA) is 129 Å². The Kier molecular flexibility index (Phi) is 5.55. The molecule has 0 aliphatic carbocycles. The summed E-state index contributed by atoms with van der Waals surface area (Å²) in [5.74, 6) is -2.24. The van der Waals surface area contributed by atoms with Crippen LogP contribution in [0, 0.1) is 38.6 Å². The second kappa shape index (κ2) is 7.15. The SMILES string of the molecule is COC(=O)c1c(F)c(Br)cc([N+](=O)[O-])c1NC=C(C#N)C#N. The van der Waals surface area contributed by atoms with Crippen molar-refractivity contribution in [3.63, 3.8) is 0 Å². The second-order valence-electron chi connectivity index (χ2n) is 3.62. The summed E-state index contributed by atoms with van der Waals surface area (Å²) in [4.78, 5) is 21.9. The average Bonchev–Trinajstić information content (AvgIpc) is 2.50. The largest absolute Gasteiger partial charge is 0.465 e. The van der Waals surface area contributed by atoms with Gasteiger partial charge in [0.2, 0.25) is 0 Å². The number of ether oxygens (including phenoxy) is 1. The molecule has 0 saturated carbocycles. The molecular formula is C12H6BrFN4O4. The number of anilines is 1. The summed E-state index contributed by atoms with van der Waals surface area (Å²) in [7, 11) is 0.976. The minimum absolute atomic E-state index is 0.310. The molecule has 0 heterocycles. The van der Waals surface area contributed by atoms with Crippen molar-refractivity contribution in [3.05, 3.63) is 43.8 Å². The number of carbonyl (C=O) groups is 1. The Morgan fingerprint density at radius 1 is 1.55 bits per heavy atom. The van der Waals surface area contributed by atoms with Crippen molar-refractivity contribution >= 4 is 33.3 Å². The number of benzene rings is 1. The normalized spacial score (nSPS) is 9.14. The molecule has 0 radical (unpaired) electrons. The lowest BCUT2D eigenvalue weighted by atomic mass is 10.1.